The average molecular weight is 190 g/mol. The SMILES string of the molecule is Cc1cc(C(F)F)n(CC(=O)O)n1. The van der Waals surface area contributed by atoms with E-state index in [0.717, 1.165) is 4.68 Å². The first-order valence-corrected chi connectivity index (χ1v) is 3.55. The van der Waals surface area contributed by atoms with E-state index in [4.69, 9.17) is 5.11 Å². The fraction of sp³-hybridized carbons (Fsp3) is 0.429. The molecule has 0 aliphatic rings. The van der Waals surface area contributed by atoms with Crippen LogP contribution in [0.15, 0.2) is 6.07 Å². The van der Waals surface area contributed by atoms with Gasteiger partial charge in [0.25, 0.3) is 6.43 Å². The van der Waals surface area contributed by atoms with E-state index in [1.807, 2.05) is 0 Å². The van der Waals surface area contributed by atoms with E-state index in [0.29, 0.717) is 5.69 Å². The highest BCUT2D eigenvalue weighted by atomic mass is 19.3. The zero-order valence-electron chi connectivity index (χ0n) is 6.87. The molecule has 0 radical (unpaired) electrons. The molecule has 0 atom stereocenters. The van der Waals surface area contributed by atoms with Crippen LogP contribution < -0.4 is 0 Å². The van der Waals surface area contributed by atoms with Crippen LogP contribution in [-0.4, -0.2) is 20.9 Å². The van der Waals surface area contributed by atoms with Gasteiger partial charge in [0, 0.05) is 0 Å². The number of halogens is 2. The molecule has 1 heterocycles. The van der Waals surface area contributed by atoms with Gasteiger partial charge in [0.05, 0.1) is 5.69 Å². The molecule has 0 saturated heterocycles. The van der Waals surface area contributed by atoms with Gasteiger partial charge in [-0.3, -0.25) is 9.48 Å². The minimum Gasteiger partial charge on any atom is -0.480 e. The van der Waals surface area contributed by atoms with Crippen LogP contribution in [0.2, 0.25) is 0 Å². The van der Waals surface area contributed by atoms with Crippen LogP contribution in [0.5, 0.6) is 0 Å². The molecule has 0 unspecified atom stereocenters. The van der Waals surface area contributed by atoms with Gasteiger partial charge in [0.1, 0.15) is 12.2 Å². The smallest absolute Gasteiger partial charge is 0.325 e. The Morgan fingerprint density at radius 1 is 1.77 bits per heavy atom. The number of aliphatic carboxylic acids is 1. The normalized spacial score (nSPS) is 10.8. The first-order chi connectivity index (χ1) is 6.00. The molecule has 6 heteroatoms. The minimum atomic E-state index is -2.69. The molecule has 1 rings (SSSR count). The molecule has 0 amide bonds. The van der Waals surface area contributed by atoms with Gasteiger partial charge in [-0.25, -0.2) is 8.78 Å². The molecule has 0 aliphatic carbocycles. The molecule has 0 aliphatic heterocycles. The van der Waals surface area contributed by atoms with Crippen LogP contribution in [-0.2, 0) is 11.3 Å². The predicted octanol–water partition coefficient (Wildman–Crippen LogP) is 1.21. The molecule has 0 bridgehead atoms. The molecule has 0 fully saturated rings. The Labute approximate surface area is 72.8 Å². The zero-order chi connectivity index (χ0) is 10.0. The van der Waals surface area contributed by atoms with Crippen molar-refractivity contribution in [3.8, 4) is 0 Å². The Morgan fingerprint density at radius 3 is 2.85 bits per heavy atom. The molecule has 72 valence electrons. The second-order valence-corrected chi connectivity index (χ2v) is 2.56. The Hall–Kier alpha value is -1.46. The van der Waals surface area contributed by atoms with Crippen LogP contribution in [0.4, 0.5) is 8.78 Å². The van der Waals surface area contributed by atoms with E-state index in [9.17, 15) is 13.6 Å². The van der Waals surface area contributed by atoms with Crippen molar-refractivity contribution in [3.63, 3.8) is 0 Å². The fourth-order valence-electron chi connectivity index (χ4n) is 0.996. The van der Waals surface area contributed by atoms with Crippen molar-refractivity contribution in [1.29, 1.82) is 0 Å². The predicted molar refractivity (Wildman–Crippen MR) is 39.6 cm³/mol. The van der Waals surface area contributed by atoms with Crippen molar-refractivity contribution >= 4 is 5.97 Å². The summed E-state index contributed by atoms with van der Waals surface area (Å²) in [4.78, 5) is 10.2. The number of carboxylic acids is 1. The number of nitrogens with zero attached hydrogens (tertiary/aromatic N) is 2. The topological polar surface area (TPSA) is 55.1 Å². The fourth-order valence-corrected chi connectivity index (χ4v) is 0.996. The van der Waals surface area contributed by atoms with Crippen molar-refractivity contribution < 1.29 is 18.7 Å². The standard InChI is InChI=1S/C7H8F2N2O2/c1-4-2-5(7(8)9)11(10-4)3-6(12)13/h2,7H,3H2,1H3,(H,12,13). The van der Waals surface area contributed by atoms with Crippen molar-refractivity contribution in [1.82, 2.24) is 9.78 Å². The number of hydrogen-bond donors (Lipinski definition) is 1. The number of carboxylic acid groups (broad SMARTS) is 1. The number of hydrogen-bond acceptors (Lipinski definition) is 2. The van der Waals surface area contributed by atoms with E-state index < -0.39 is 18.9 Å². The van der Waals surface area contributed by atoms with Crippen LogP contribution in [0.1, 0.15) is 17.8 Å². The summed E-state index contributed by atoms with van der Waals surface area (Å²) in [6.45, 7) is 0.998. The first-order valence-electron chi connectivity index (χ1n) is 3.55. The summed E-state index contributed by atoms with van der Waals surface area (Å²) in [5, 5.41) is 12.0. The summed E-state index contributed by atoms with van der Waals surface area (Å²) < 4.78 is 25.3. The van der Waals surface area contributed by atoms with Crippen LogP contribution in [0.25, 0.3) is 0 Å². The van der Waals surface area contributed by atoms with E-state index >= 15 is 0 Å². The third-order valence-corrected chi connectivity index (χ3v) is 1.44. The van der Waals surface area contributed by atoms with Gasteiger partial charge in [-0.05, 0) is 13.0 Å². The van der Waals surface area contributed by atoms with Crippen molar-refractivity contribution in [2.45, 2.75) is 19.9 Å². The Balaban J connectivity index is 2.97. The van der Waals surface area contributed by atoms with Gasteiger partial charge < -0.3 is 5.11 Å². The van der Waals surface area contributed by atoms with Crippen LogP contribution in [0, 0.1) is 6.92 Å². The molecule has 13 heavy (non-hydrogen) atoms. The molecule has 1 aromatic rings. The Morgan fingerprint density at radius 2 is 2.38 bits per heavy atom. The average Bonchev–Trinajstić information content (AvgIpc) is 2.29. The second-order valence-electron chi connectivity index (χ2n) is 2.56. The molecule has 0 spiro atoms. The first kappa shape index (κ1) is 9.63. The number of aryl methyl sites for hydroxylation is 1. The summed E-state index contributed by atoms with van der Waals surface area (Å²) in [7, 11) is 0. The maximum atomic E-state index is 12.2. The van der Waals surface area contributed by atoms with Gasteiger partial charge in [-0.2, -0.15) is 5.10 Å². The van der Waals surface area contributed by atoms with E-state index in [2.05, 4.69) is 5.10 Å². The van der Waals surface area contributed by atoms with Gasteiger partial charge in [0.2, 0.25) is 0 Å². The van der Waals surface area contributed by atoms with Crippen LogP contribution >= 0.6 is 0 Å². The largest absolute Gasteiger partial charge is 0.480 e. The van der Waals surface area contributed by atoms with Crippen molar-refractivity contribution in [2.75, 3.05) is 0 Å². The minimum absolute atomic E-state index is 0.361. The number of aromatic nitrogens is 2. The van der Waals surface area contributed by atoms with E-state index in [1.54, 1.807) is 0 Å². The lowest BCUT2D eigenvalue weighted by Gasteiger charge is -2.01. The number of carbonyl (C=O) groups is 1. The molecular weight excluding hydrogens is 182 g/mol. The monoisotopic (exact) mass is 190 g/mol. The summed E-state index contributed by atoms with van der Waals surface area (Å²) in [5.74, 6) is -1.19. The molecule has 1 N–H and O–H groups in total. The van der Waals surface area contributed by atoms with Crippen molar-refractivity contribution in [2.24, 2.45) is 0 Å². The quantitative estimate of drug-likeness (QED) is 0.779. The molecule has 0 aromatic carbocycles. The summed E-state index contributed by atoms with van der Waals surface area (Å²) in [6.07, 6.45) is -2.69. The van der Waals surface area contributed by atoms with Gasteiger partial charge in [0.15, 0.2) is 0 Å². The molecule has 0 saturated carbocycles. The summed E-state index contributed by atoms with van der Waals surface area (Å²) in [5.41, 5.74) is 0.0245. The van der Waals surface area contributed by atoms with Gasteiger partial charge in [-0.15, -0.1) is 0 Å². The van der Waals surface area contributed by atoms with Crippen molar-refractivity contribution in [3.05, 3.63) is 17.5 Å². The summed E-state index contributed by atoms with van der Waals surface area (Å²) >= 11 is 0. The highest BCUT2D eigenvalue weighted by molar-refractivity contribution is 5.66. The lowest BCUT2D eigenvalue weighted by molar-refractivity contribution is -0.138. The Bertz CT molecular complexity index is 322. The van der Waals surface area contributed by atoms with Gasteiger partial charge in [-0.1, -0.05) is 0 Å². The zero-order valence-corrected chi connectivity index (χ0v) is 6.87. The Kier molecular flexibility index (Phi) is 2.60. The third kappa shape index (κ3) is 2.24. The van der Waals surface area contributed by atoms with E-state index in [1.165, 1.54) is 13.0 Å². The molecular formula is C7H8F2N2O2. The lowest BCUT2D eigenvalue weighted by atomic mass is 10.4. The molecule has 4 nitrogen and oxygen atoms in total. The van der Waals surface area contributed by atoms with Crippen LogP contribution in [0.3, 0.4) is 0 Å². The number of rotatable bonds is 3. The highest BCUT2D eigenvalue weighted by Crippen LogP contribution is 2.19. The summed E-state index contributed by atoms with van der Waals surface area (Å²) in [6, 6.07) is 1.17. The number of alkyl halides is 2. The second kappa shape index (κ2) is 3.51. The maximum absolute atomic E-state index is 12.2. The molecule has 1 aromatic heterocycles. The third-order valence-electron chi connectivity index (χ3n) is 1.44. The maximum Gasteiger partial charge on any atom is 0.325 e. The lowest BCUT2D eigenvalue weighted by Crippen LogP contribution is -2.13. The highest BCUT2D eigenvalue weighted by Gasteiger charge is 2.16. The van der Waals surface area contributed by atoms with Gasteiger partial charge >= 0.3 is 5.97 Å². The van der Waals surface area contributed by atoms with E-state index in [-0.39, 0.29) is 5.69 Å².